The molecule has 1 aliphatic rings. The SMILES string of the molecule is Cc1cccc(C(=O)N2CCc3cc(CNC(=O)[C@H](C)Oc4ccccc4)ccc32)c1. The van der Waals surface area contributed by atoms with Crippen molar-refractivity contribution in [1.82, 2.24) is 5.32 Å². The fraction of sp³-hybridized carbons (Fsp3) is 0.231. The Balaban J connectivity index is 1.38. The molecule has 3 aromatic carbocycles. The number of nitrogens with zero attached hydrogens (tertiary/aromatic N) is 1. The highest BCUT2D eigenvalue weighted by atomic mass is 16.5. The number of amides is 2. The maximum Gasteiger partial charge on any atom is 0.261 e. The molecule has 0 saturated carbocycles. The van der Waals surface area contributed by atoms with Crippen molar-refractivity contribution in [2.75, 3.05) is 11.4 Å². The maximum atomic E-state index is 12.9. The van der Waals surface area contributed by atoms with Crippen LogP contribution in [-0.4, -0.2) is 24.5 Å². The summed E-state index contributed by atoms with van der Waals surface area (Å²) in [5, 5.41) is 2.93. The molecule has 5 nitrogen and oxygen atoms in total. The third-order valence-corrected chi connectivity index (χ3v) is 5.44. The van der Waals surface area contributed by atoms with Gasteiger partial charge in [-0.2, -0.15) is 0 Å². The second kappa shape index (κ2) is 9.04. The van der Waals surface area contributed by atoms with Crippen LogP contribution in [-0.2, 0) is 17.8 Å². The van der Waals surface area contributed by atoms with E-state index in [4.69, 9.17) is 4.74 Å². The number of hydrogen-bond donors (Lipinski definition) is 1. The van der Waals surface area contributed by atoms with Crippen LogP contribution in [0.1, 0.15) is 34.0 Å². The summed E-state index contributed by atoms with van der Waals surface area (Å²) in [5.41, 5.74) is 4.85. The summed E-state index contributed by atoms with van der Waals surface area (Å²) in [6.45, 7) is 4.81. The zero-order valence-corrected chi connectivity index (χ0v) is 17.8. The summed E-state index contributed by atoms with van der Waals surface area (Å²) in [6.07, 6.45) is 0.224. The molecule has 0 aromatic heterocycles. The van der Waals surface area contributed by atoms with Crippen molar-refractivity contribution in [1.29, 1.82) is 0 Å². The highest BCUT2D eigenvalue weighted by Crippen LogP contribution is 2.30. The summed E-state index contributed by atoms with van der Waals surface area (Å²) in [5.74, 6) is 0.525. The van der Waals surface area contributed by atoms with Crippen molar-refractivity contribution in [2.45, 2.75) is 32.9 Å². The van der Waals surface area contributed by atoms with Crippen LogP contribution in [0.4, 0.5) is 5.69 Å². The zero-order chi connectivity index (χ0) is 21.8. The lowest BCUT2D eigenvalue weighted by molar-refractivity contribution is -0.127. The van der Waals surface area contributed by atoms with Crippen LogP contribution in [0, 0.1) is 6.92 Å². The molecule has 4 rings (SSSR count). The second-order valence-corrected chi connectivity index (χ2v) is 7.83. The number of fused-ring (bicyclic) bond motifs is 1. The number of benzene rings is 3. The molecule has 1 aliphatic heterocycles. The lowest BCUT2D eigenvalue weighted by Gasteiger charge is -2.18. The van der Waals surface area contributed by atoms with Gasteiger partial charge in [0, 0.05) is 24.3 Å². The number of aryl methyl sites for hydroxylation is 1. The van der Waals surface area contributed by atoms with Gasteiger partial charge in [0.15, 0.2) is 6.10 Å². The van der Waals surface area contributed by atoms with Gasteiger partial charge in [-0.3, -0.25) is 9.59 Å². The normalized spacial score (nSPS) is 13.4. The van der Waals surface area contributed by atoms with Crippen LogP contribution in [0.25, 0.3) is 0 Å². The molecule has 0 unspecified atom stereocenters. The molecule has 31 heavy (non-hydrogen) atoms. The molecule has 3 aromatic rings. The number of carbonyl (C=O) groups is 2. The van der Waals surface area contributed by atoms with E-state index < -0.39 is 6.10 Å². The topological polar surface area (TPSA) is 58.6 Å². The minimum atomic E-state index is -0.584. The first-order valence-corrected chi connectivity index (χ1v) is 10.5. The lowest BCUT2D eigenvalue weighted by atomic mass is 10.1. The highest BCUT2D eigenvalue weighted by molar-refractivity contribution is 6.07. The number of hydrogen-bond acceptors (Lipinski definition) is 3. The van der Waals surface area contributed by atoms with E-state index in [9.17, 15) is 9.59 Å². The Morgan fingerprint density at radius 2 is 1.84 bits per heavy atom. The molecule has 0 aliphatic carbocycles. The minimum Gasteiger partial charge on any atom is -0.481 e. The van der Waals surface area contributed by atoms with E-state index in [-0.39, 0.29) is 11.8 Å². The number of carbonyl (C=O) groups excluding carboxylic acids is 2. The van der Waals surface area contributed by atoms with E-state index >= 15 is 0 Å². The molecule has 1 heterocycles. The van der Waals surface area contributed by atoms with Crippen molar-refractivity contribution in [3.8, 4) is 5.75 Å². The molecule has 0 fully saturated rings. The van der Waals surface area contributed by atoms with E-state index in [0.717, 1.165) is 28.8 Å². The maximum absolute atomic E-state index is 12.9. The Morgan fingerprint density at radius 1 is 1.03 bits per heavy atom. The molecule has 5 heteroatoms. The van der Waals surface area contributed by atoms with Crippen molar-refractivity contribution in [3.05, 3.63) is 95.1 Å². The molecular weight excluding hydrogens is 388 g/mol. The summed E-state index contributed by atoms with van der Waals surface area (Å²) in [6, 6.07) is 23.0. The number of nitrogens with one attached hydrogen (secondary N) is 1. The Kier molecular flexibility index (Phi) is 6.03. The third kappa shape index (κ3) is 4.77. The van der Waals surface area contributed by atoms with E-state index in [0.29, 0.717) is 24.4 Å². The van der Waals surface area contributed by atoms with Crippen LogP contribution < -0.4 is 15.0 Å². The summed E-state index contributed by atoms with van der Waals surface area (Å²) >= 11 is 0. The van der Waals surface area contributed by atoms with Crippen molar-refractivity contribution in [3.63, 3.8) is 0 Å². The van der Waals surface area contributed by atoms with Gasteiger partial charge in [0.25, 0.3) is 11.8 Å². The van der Waals surface area contributed by atoms with Gasteiger partial charge in [-0.1, -0.05) is 48.0 Å². The van der Waals surface area contributed by atoms with Gasteiger partial charge in [-0.25, -0.2) is 0 Å². The smallest absolute Gasteiger partial charge is 0.261 e. The van der Waals surface area contributed by atoms with Crippen LogP contribution in [0.2, 0.25) is 0 Å². The first-order valence-electron chi connectivity index (χ1n) is 10.5. The quantitative estimate of drug-likeness (QED) is 0.655. The molecule has 1 N–H and O–H groups in total. The van der Waals surface area contributed by atoms with Crippen molar-refractivity contribution < 1.29 is 14.3 Å². The molecule has 0 saturated heterocycles. The monoisotopic (exact) mass is 414 g/mol. The predicted molar refractivity (Wildman–Crippen MR) is 121 cm³/mol. The number of para-hydroxylation sites is 1. The molecule has 0 bridgehead atoms. The van der Waals surface area contributed by atoms with Gasteiger partial charge >= 0.3 is 0 Å². The molecule has 158 valence electrons. The van der Waals surface area contributed by atoms with Crippen molar-refractivity contribution in [2.24, 2.45) is 0 Å². The highest BCUT2D eigenvalue weighted by Gasteiger charge is 2.26. The third-order valence-electron chi connectivity index (χ3n) is 5.44. The van der Waals surface area contributed by atoms with E-state index in [1.165, 1.54) is 0 Å². The first kappa shape index (κ1) is 20.7. The Bertz CT molecular complexity index is 1090. The minimum absolute atomic E-state index is 0.0235. The van der Waals surface area contributed by atoms with Gasteiger partial charge in [-0.15, -0.1) is 0 Å². The van der Waals surface area contributed by atoms with Gasteiger partial charge in [-0.05, 0) is 61.7 Å². The molecule has 0 spiro atoms. The van der Waals surface area contributed by atoms with Gasteiger partial charge in [0.2, 0.25) is 0 Å². The zero-order valence-electron chi connectivity index (χ0n) is 17.8. The number of ether oxygens (including phenoxy) is 1. The fourth-order valence-electron chi connectivity index (χ4n) is 3.80. The van der Waals surface area contributed by atoms with Gasteiger partial charge < -0.3 is 15.0 Å². The van der Waals surface area contributed by atoms with Crippen molar-refractivity contribution >= 4 is 17.5 Å². The van der Waals surface area contributed by atoms with E-state index in [1.54, 1.807) is 6.92 Å². The average Bonchev–Trinajstić information content (AvgIpc) is 3.21. The van der Waals surface area contributed by atoms with Crippen LogP contribution in [0.5, 0.6) is 5.75 Å². The Hall–Kier alpha value is -3.60. The Labute approximate surface area is 182 Å². The van der Waals surface area contributed by atoms with E-state index in [2.05, 4.69) is 11.4 Å². The first-order chi connectivity index (χ1) is 15.0. The predicted octanol–water partition coefficient (Wildman–Crippen LogP) is 4.28. The van der Waals surface area contributed by atoms with Crippen LogP contribution in [0.15, 0.2) is 72.8 Å². The molecule has 1 atom stereocenters. The lowest BCUT2D eigenvalue weighted by Crippen LogP contribution is -2.35. The van der Waals surface area contributed by atoms with Gasteiger partial charge in [0.1, 0.15) is 5.75 Å². The van der Waals surface area contributed by atoms with Crippen LogP contribution >= 0.6 is 0 Å². The fourth-order valence-corrected chi connectivity index (χ4v) is 3.80. The van der Waals surface area contributed by atoms with E-state index in [1.807, 2.05) is 78.6 Å². The number of rotatable bonds is 6. The number of anilines is 1. The average molecular weight is 415 g/mol. The molecular formula is C26H26N2O3. The second-order valence-electron chi connectivity index (χ2n) is 7.83. The summed E-state index contributed by atoms with van der Waals surface area (Å²) in [4.78, 5) is 27.2. The largest absolute Gasteiger partial charge is 0.481 e. The standard InChI is InChI=1S/C26H26N2O3/c1-18-7-6-8-22(15-18)26(30)28-14-13-21-16-20(11-12-24(21)28)17-27-25(29)19(2)31-23-9-4-3-5-10-23/h3-12,15-16,19H,13-14,17H2,1-2H3,(H,27,29)/t19-/m0/s1. The Morgan fingerprint density at radius 3 is 2.61 bits per heavy atom. The molecule has 2 amide bonds. The summed E-state index contributed by atoms with van der Waals surface area (Å²) < 4.78 is 5.67. The van der Waals surface area contributed by atoms with Crippen LogP contribution in [0.3, 0.4) is 0 Å². The van der Waals surface area contributed by atoms with Gasteiger partial charge in [0.05, 0.1) is 0 Å². The summed E-state index contributed by atoms with van der Waals surface area (Å²) in [7, 11) is 0. The molecule has 0 radical (unpaired) electrons.